The molecular formula is C24H33N3O2. The summed E-state index contributed by atoms with van der Waals surface area (Å²) < 4.78 is 5.70. The normalized spacial score (nSPS) is 14.9. The van der Waals surface area contributed by atoms with Crippen LogP contribution in [-0.2, 0) is 11.3 Å². The van der Waals surface area contributed by atoms with Gasteiger partial charge in [-0.15, -0.1) is 0 Å². The molecule has 0 aliphatic carbocycles. The number of aryl methyl sites for hydroxylation is 1. The Balaban J connectivity index is 1.53. The number of para-hydroxylation sites is 1. The van der Waals surface area contributed by atoms with E-state index in [1.165, 1.54) is 16.8 Å². The molecule has 1 fully saturated rings. The van der Waals surface area contributed by atoms with Crippen LogP contribution in [0.25, 0.3) is 0 Å². The standard InChI is InChI=1S/C24H33N3O2/c1-18(2)22-10-9-21(15-19(22)3)29-17-24(28)25-16-20-7-5-6-8-23(20)27-13-11-26(4)12-14-27/h5-10,15,18H,11-14,16-17H2,1-4H3,(H,25,28). The number of ether oxygens (including phenoxy) is 1. The van der Waals surface area contributed by atoms with Crippen LogP contribution in [0.15, 0.2) is 42.5 Å². The van der Waals surface area contributed by atoms with E-state index in [1.807, 2.05) is 18.2 Å². The Labute approximate surface area is 174 Å². The molecule has 0 bridgehead atoms. The second-order valence-electron chi connectivity index (χ2n) is 8.16. The Morgan fingerprint density at radius 1 is 1.10 bits per heavy atom. The van der Waals surface area contributed by atoms with E-state index < -0.39 is 0 Å². The fourth-order valence-electron chi connectivity index (χ4n) is 3.80. The van der Waals surface area contributed by atoms with Crippen molar-refractivity contribution in [2.45, 2.75) is 33.2 Å². The van der Waals surface area contributed by atoms with Gasteiger partial charge in [0.05, 0.1) is 0 Å². The van der Waals surface area contributed by atoms with Gasteiger partial charge in [-0.1, -0.05) is 38.1 Å². The molecule has 1 aliphatic rings. The molecule has 0 radical (unpaired) electrons. The van der Waals surface area contributed by atoms with Gasteiger partial charge in [-0.3, -0.25) is 4.79 Å². The van der Waals surface area contributed by atoms with E-state index in [9.17, 15) is 4.79 Å². The van der Waals surface area contributed by atoms with Gasteiger partial charge < -0.3 is 19.9 Å². The Bertz CT molecular complexity index is 827. The first-order valence-electron chi connectivity index (χ1n) is 10.5. The summed E-state index contributed by atoms with van der Waals surface area (Å²) in [7, 11) is 2.15. The smallest absolute Gasteiger partial charge is 0.258 e. The molecule has 1 amide bonds. The minimum Gasteiger partial charge on any atom is -0.484 e. The van der Waals surface area contributed by atoms with Crippen LogP contribution >= 0.6 is 0 Å². The number of rotatable bonds is 7. The Morgan fingerprint density at radius 3 is 2.52 bits per heavy atom. The first-order chi connectivity index (χ1) is 13.9. The van der Waals surface area contributed by atoms with E-state index in [1.54, 1.807) is 0 Å². The molecule has 1 N–H and O–H groups in total. The lowest BCUT2D eigenvalue weighted by atomic mass is 9.98. The lowest BCUT2D eigenvalue weighted by Crippen LogP contribution is -2.45. The van der Waals surface area contributed by atoms with Gasteiger partial charge >= 0.3 is 0 Å². The van der Waals surface area contributed by atoms with Crippen LogP contribution in [0.4, 0.5) is 5.69 Å². The molecule has 2 aromatic carbocycles. The average Bonchev–Trinajstić information content (AvgIpc) is 2.71. The molecule has 1 heterocycles. The maximum atomic E-state index is 12.3. The highest BCUT2D eigenvalue weighted by Crippen LogP contribution is 2.24. The third-order valence-corrected chi connectivity index (χ3v) is 5.54. The number of nitrogens with one attached hydrogen (secondary N) is 1. The summed E-state index contributed by atoms with van der Waals surface area (Å²) >= 11 is 0. The molecule has 0 unspecified atom stereocenters. The summed E-state index contributed by atoms with van der Waals surface area (Å²) in [6.45, 7) is 11.1. The number of carbonyl (C=O) groups excluding carboxylic acids is 1. The van der Waals surface area contributed by atoms with Gasteiger partial charge in [-0.05, 0) is 54.8 Å². The van der Waals surface area contributed by atoms with E-state index in [2.05, 4.69) is 67.2 Å². The van der Waals surface area contributed by atoms with Crippen molar-refractivity contribution in [2.24, 2.45) is 0 Å². The summed E-state index contributed by atoms with van der Waals surface area (Å²) in [5.74, 6) is 1.11. The van der Waals surface area contributed by atoms with Gasteiger partial charge in [0.2, 0.25) is 0 Å². The number of piperazine rings is 1. The number of nitrogens with zero attached hydrogens (tertiary/aromatic N) is 2. The average molecular weight is 396 g/mol. The summed E-state index contributed by atoms with van der Waals surface area (Å²) in [4.78, 5) is 17.1. The minimum atomic E-state index is -0.108. The van der Waals surface area contributed by atoms with Crippen LogP contribution in [0.2, 0.25) is 0 Å². The summed E-state index contributed by atoms with van der Waals surface area (Å²) in [6.07, 6.45) is 0. The maximum Gasteiger partial charge on any atom is 0.258 e. The van der Waals surface area contributed by atoms with Crippen LogP contribution in [0, 0.1) is 6.92 Å². The number of hydrogen-bond acceptors (Lipinski definition) is 4. The molecule has 29 heavy (non-hydrogen) atoms. The van der Waals surface area contributed by atoms with E-state index in [0.717, 1.165) is 37.5 Å². The number of amides is 1. The van der Waals surface area contributed by atoms with Gasteiger partial charge in [-0.25, -0.2) is 0 Å². The zero-order valence-electron chi connectivity index (χ0n) is 18.1. The lowest BCUT2D eigenvalue weighted by Gasteiger charge is -2.35. The van der Waals surface area contributed by atoms with Crippen LogP contribution in [0.1, 0.15) is 36.5 Å². The molecule has 156 valence electrons. The van der Waals surface area contributed by atoms with Crippen molar-refractivity contribution in [3.63, 3.8) is 0 Å². The predicted molar refractivity (Wildman–Crippen MR) is 119 cm³/mol. The van der Waals surface area contributed by atoms with E-state index in [4.69, 9.17) is 4.74 Å². The highest BCUT2D eigenvalue weighted by Gasteiger charge is 2.17. The van der Waals surface area contributed by atoms with Crippen molar-refractivity contribution >= 4 is 11.6 Å². The molecule has 5 nitrogen and oxygen atoms in total. The lowest BCUT2D eigenvalue weighted by molar-refractivity contribution is -0.123. The SMILES string of the molecule is Cc1cc(OCC(=O)NCc2ccccc2N2CCN(C)CC2)ccc1C(C)C. The van der Waals surface area contributed by atoms with Gasteiger partial charge in [0.25, 0.3) is 5.91 Å². The van der Waals surface area contributed by atoms with E-state index >= 15 is 0 Å². The Kier molecular flexibility index (Phi) is 7.15. The van der Waals surface area contributed by atoms with Crippen LogP contribution in [0.3, 0.4) is 0 Å². The monoisotopic (exact) mass is 395 g/mol. The maximum absolute atomic E-state index is 12.3. The number of hydrogen-bond donors (Lipinski definition) is 1. The first-order valence-corrected chi connectivity index (χ1v) is 10.5. The topological polar surface area (TPSA) is 44.8 Å². The van der Waals surface area contributed by atoms with Crippen molar-refractivity contribution in [1.29, 1.82) is 0 Å². The summed E-state index contributed by atoms with van der Waals surface area (Å²) in [5.41, 5.74) is 4.85. The molecule has 1 aliphatic heterocycles. The van der Waals surface area contributed by atoms with Crippen molar-refractivity contribution in [3.05, 3.63) is 59.2 Å². The molecular weight excluding hydrogens is 362 g/mol. The minimum absolute atomic E-state index is 0.0249. The number of anilines is 1. The molecule has 5 heteroatoms. The summed E-state index contributed by atoms with van der Waals surface area (Å²) in [5, 5.41) is 3.00. The number of benzene rings is 2. The molecule has 2 aromatic rings. The molecule has 0 aromatic heterocycles. The van der Waals surface area contributed by atoms with Crippen LogP contribution in [-0.4, -0.2) is 50.6 Å². The van der Waals surface area contributed by atoms with Crippen molar-refractivity contribution < 1.29 is 9.53 Å². The third kappa shape index (κ3) is 5.73. The zero-order chi connectivity index (χ0) is 20.8. The van der Waals surface area contributed by atoms with Gasteiger partial charge in [0, 0.05) is 38.4 Å². The molecule has 0 saturated carbocycles. The van der Waals surface area contributed by atoms with Gasteiger partial charge in [0.15, 0.2) is 6.61 Å². The highest BCUT2D eigenvalue weighted by molar-refractivity contribution is 5.77. The molecule has 1 saturated heterocycles. The fraction of sp³-hybridized carbons (Fsp3) is 0.458. The number of likely N-dealkylation sites (N-methyl/N-ethyl adjacent to an activating group) is 1. The van der Waals surface area contributed by atoms with E-state index in [0.29, 0.717) is 12.5 Å². The second-order valence-corrected chi connectivity index (χ2v) is 8.16. The predicted octanol–water partition coefficient (Wildman–Crippen LogP) is 3.57. The Morgan fingerprint density at radius 2 is 1.83 bits per heavy atom. The molecule has 0 atom stereocenters. The summed E-state index contributed by atoms with van der Waals surface area (Å²) in [6, 6.07) is 14.3. The first kappa shape index (κ1) is 21.2. The molecule has 3 rings (SSSR count). The zero-order valence-corrected chi connectivity index (χ0v) is 18.1. The fourth-order valence-corrected chi connectivity index (χ4v) is 3.80. The van der Waals surface area contributed by atoms with E-state index in [-0.39, 0.29) is 12.5 Å². The van der Waals surface area contributed by atoms with Crippen molar-refractivity contribution in [2.75, 3.05) is 44.7 Å². The second kappa shape index (κ2) is 9.79. The van der Waals surface area contributed by atoms with Crippen LogP contribution in [0.5, 0.6) is 5.75 Å². The third-order valence-electron chi connectivity index (χ3n) is 5.54. The Hall–Kier alpha value is -2.53. The quantitative estimate of drug-likeness (QED) is 0.779. The number of carbonyl (C=O) groups is 1. The largest absolute Gasteiger partial charge is 0.484 e. The van der Waals surface area contributed by atoms with Crippen molar-refractivity contribution in [1.82, 2.24) is 10.2 Å². The van der Waals surface area contributed by atoms with Gasteiger partial charge in [-0.2, -0.15) is 0 Å². The van der Waals surface area contributed by atoms with Crippen molar-refractivity contribution in [3.8, 4) is 5.75 Å². The van der Waals surface area contributed by atoms with Crippen LogP contribution < -0.4 is 15.0 Å². The molecule has 0 spiro atoms. The highest BCUT2D eigenvalue weighted by atomic mass is 16.5. The van der Waals surface area contributed by atoms with Gasteiger partial charge in [0.1, 0.15) is 5.75 Å².